The smallest absolute Gasteiger partial charge is 0.191 e. The van der Waals surface area contributed by atoms with Gasteiger partial charge in [0, 0.05) is 38.4 Å². The summed E-state index contributed by atoms with van der Waals surface area (Å²) >= 11 is 0. The fraction of sp³-hybridized carbons (Fsp3) is 0.429. The van der Waals surface area contributed by atoms with Gasteiger partial charge >= 0.3 is 0 Å². The summed E-state index contributed by atoms with van der Waals surface area (Å²) in [6, 6.07) is 9.91. The van der Waals surface area contributed by atoms with E-state index >= 15 is 0 Å². The van der Waals surface area contributed by atoms with Gasteiger partial charge in [-0.15, -0.1) is 0 Å². The first-order chi connectivity index (χ1) is 13.7. The predicted octanol–water partition coefficient (Wildman–Crippen LogP) is 3.13. The Morgan fingerprint density at radius 3 is 2.96 bits per heavy atom. The second-order valence-electron chi connectivity index (χ2n) is 6.88. The number of nitrogens with one attached hydrogen (secondary N) is 2. The van der Waals surface area contributed by atoms with E-state index in [1.807, 2.05) is 17.9 Å². The van der Waals surface area contributed by atoms with E-state index in [0.717, 1.165) is 43.9 Å². The van der Waals surface area contributed by atoms with E-state index in [-0.39, 0.29) is 17.7 Å². The molecule has 3 rings (SSSR count). The van der Waals surface area contributed by atoms with Crippen LogP contribution in [0.15, 0.2) is 47.6 Å². The highest BCUT2D eigenvalue weighted by molar-refractivity contribution is 5.80. The van der Waals surface area contributed by atoms with Gasteiger partial charge in [0.1, 0.15) is 5.82 Å². The fourth-order valence-electron chi connectivity index (χ4n) is 3.36. The summed E-state index contributed by atoms with van der Waals surface area (Å²) in [4.78, 5) is 10.7. The quantitative estimate of drug-likeness (QED) is 0.435. The second kappa shape index (κ2) is 10.0. The monoisotopic (exact) mass is 387 g/mol. The SMILES string of the molecule is CCNC(=NCCCc1cccc(F)c1)NC1CCN(c2ncccc2F)C1. The third kappa shape index (κ3) is 5.65. The number of nitrogens with zero attached hydrogens (tertiary/aromatic N) is 3. The van der Waals surface area contributed by atoms with Crippen molar-refractivity contribution in [2.45, 2.75) is 32.2 Å². The number of aryl methyl sites for hydroxylation is 1. The highest BCUT2D eigenvalue weighted by Crippen LogP contribution is 2.20. The minimum atomic E-state index is -0.291. The van der Waals surface area contributed by atoms with Crippen molar-refractivity contribution in [3.63, 3.8) is 0 Å². The van der Waals surface area contributed by atoms with E-state index in [4.69, 9.17) is 0 Å². The van der Waals surface area contributed by atoms with Gasteiger partial charge < -0.3 is 15.5 Å². The summed E-state index contributed by atoms with van der Waals surface area (Å²) in [5.41, 5.74) is 0.983. The van der Waals surface area contributed by atoms with Gasteiger partial charge in [-0.1, -0.05) is 12.1 Å². The van der Waals surface area contributed by atoms with Crippen molar-refractivity contribution < 1.29 is 8.78 Å². The van der Waals surface area contributed by atoms with Crippen molar-refractivity contribution in [1.82, 2.24) is 15.6 Å². The summed E-state index contributed by atoms with van der Waals surface area (Å²) in [7, 11) is 0. The Bertz CT molecular complexity index is 796. The topological polar surface area (TPSA) is 52.6 Å². The van der Waals surface area contributed by atoms with Gasteiger partial charge in [-0.2, -0.15) is 0 Å². The zero-order chi connectivity index (χ0) is 19.8. The third-order valence-electron chi connectivity index (χ3n) is 4.69. The molecule has 2 N–H and O–H groups in total. The van der Waals surface area contributed by atoms with Crippen LogP contribution < -0.4 is 15.5 Å². The largest absolute Gasteiger partial charge is 0.357 e. The van der Waals surface area contributed by atoms with Crippen LogP contribution in [-0.4, -0.2) is 43.2 Å². The maximum Gasteiger partial charge on any atom is 0.191 e. The van der Waals surface area contributed by atoms with Crippen molar-refractivity contribution in [1.29, 1.82) is 0 Å². The Morgan fingerprint density at radius 2 is 2.18 bits per heavy atom. The number of anilines is 1. The number of benzene rings is 1. The van der Waals surface area contributed by atoms with E-state index < -0.39 is 0 Å². The van der Waals surface area contributed by atoms with E-state index in [1.165, 1.54) is 12.1 Å². The lowest BCUT2D eigenvalue weighted by molar-refractivity contribution is 0.612. The minimum absolute atomic E-state index is 0.183. The molecule has 5 nitrogen and oxygen atoms in total. The van der Waals surface area contributed by atoms with Crippen molar-refractivity contribution >= 4 is 11.8 Å². The van der Waals surface area contributed by atoms with Crippen LogP contribution in [0.4, 0.5) is 14.6 Å². The standard InChI is InChI=1S/C21H27F2N5/c1-2-24-21(26-12-4-7-16-6-3-8-17(22)14-16)27-18-10-13-28(15-18)20-19(23)9-5-11-25-20/h3,5-6,8-9,11,14,18H,2,4,7,10,12-13,15H2,1H3,(H2,24,26,27). The summed E-state index contributed by atoms with van der Waals surface area (Å²) < 4.78 is 27.2. The summed E-state index contributed by atoms with van der Waals surface area (Å²) in [5.74, 6) is 0.672. The number of guanidine groups is 1. The molecule has 2 aromatic rings. The Hall–Kier alpha value is -2.70. The van der Waals surface area contributed by atoms with E-state index in [1.54, 1.807) is 24.4 Å². The van der Waals surface area contributed by atoms with Crippen LogP contribution in [0, 0.1) is 11.6 Å². The molecule has 28 heavy (non-hydrogen) atoms. The average molecular weight is 387 g/mol. The maximum atomic E-state index is 13.9. The Labute approximate surface area is 164 Å². The van der Waals surface area contributed by atoms with E-state index in [0.29, 0.717) is 18.9 Å². The molecule has 0 spiro atoms. The normalized spacial score (nSPS) is 17.0. The number of hydrogen-bond acceptors (Lipinski definition) is 3. The molecule has 7 heteroatoms. The van der Waals surface area contributed by atoms with Gasteiger partial charge in [0.2, 0.25) is 0 Å². The molecule has 1 aromatic carbocycles. The summed E-state index contributed by atoms with van der Waals surface area (Å²) in [6.45, 7) is 4.87. The molecule has 0 amide bonds. The van der Waals surface area contributed by atoms with Crippen LogP contribution in [0.1, 0.15) is 25.3 Å². The maximum absolute atomic E-state index is 13.9. The molecule has 150 valence electrons. The molecule has 1 aromatic heterocycles. The molecule has 1 fully saturated rings. The number of aromatic nitrogens is 1. The average Bonchev–Trinajstić information content (AvgIpc) is 3.14. The highest BCUT2D eigenvalue weighted by Gasteiger charge is 2.25. The van der Waals surface area contributed by atoms with E-state index in [2.05, 4.69) is 20.6 Å². The third-order valence-corrected chi connectivity index (χ3v) is 4.69. The second-order valence-corrected chi connectivity index (χ2v) is 6.88. The number of rotatable bonds is 7. The van der Waals surface area contributed by atoms with Gasteiger partial charge in [-0.3, -0.25) is 4.99 Å². The minimum Gasteiger partial charge on any atom is -0.357 e. The summed E-state index contributed by atoms with van der Waals surface area (Å²) in [6.07, 6.45) is 4.14. The molecule has 1 aliphatic rings. The van der Waals surface area contributed by atoms with Crippen LogP contribution in [-0.2, 0) is 6.42 Å². The van der Waals surface area contributed by atoms with Crippen molar-refractivity contribution in [3.05, 3.63) is 59.8 Å². The molecular weight excluding hydrogens is 360 g/mol. The summed E-state index contributed by atoms with van der Waals surface area (Å²) in [5, 5.41) is 6.68. The first kappa shape index (κ1) is 20.0. The highest BCUT2D eigenvalue weighted by atomic mass is 19.1. The fourth-order valence-corrected chi connectivity index (χ4v) is 3.36. The molecule has 1 aliphatic heterocycles. The lowest BCUT2D eigenvalue weighted by Gasteiger charge is -2.20. The molecule has 0 saturated carbocycles. The lowest BCUT2D eigenvalue weighted by atomic mass is 10.1. The predicted molar refractivity (Wildman–Crippen MR) is 109 cm³/mol. The van der Waals surface area contributed by atoms with E-state index in [9.17, 15) is 8.78 Å². The Balaban J connectivity index is 1.50. The van der Waals surface area contributed by atoms with Crippen molar-refractivity contribution in [3.8, 4) is 0 Å². The number of hydrogen-bond donors (Lipinski definition) is 2. The van der Waals surface area contributed by atoms with Gasteiger partial charge in [-0.05, 0) is 56.0 Å². The first-order valence-corrected chi connectivity index (χ1v) is 9.80. The zero-order valence-corrected chi connectivity index (χ0v) is 16.2. The molecule has 0 aliphatic carbocycles. The number of aliphatic imine (C=N–C) groups is 1. The molecule has 1 unspecified atom stereocenters. The van der Waals surface area contributed by atoms with Crippen LogP contribution in [0.5, 0.6) is 0 Å². The molecule has 1 atom stereocenters. The van der Waals surface area contributed by atoms with Gasteiger partial charge in [0.25, 0.3) is 0 Å². The van der Waals surface area contributed by atoms with Gasteiger partial charge in [0.05, 0.1) is 0 Å². The molecule has 0 radical (unpaired) electrons. The molecule has 2 heterocycles. The van der Waals surface area contributed by atoms with Crippen LogP contribution >= 0.6 is 0 Å². The molecule has 0 bridgehead atoms. The number of halogens is 2. The van der Waals surface area contributed by atoms with Gasteiger partial charge in [0.15, 0.2) is 17.6 Å². The van der Waals surface area contributed by atoms with Crippen LogP contribution in [0.2, 0.25) is 0 Å². The van der Waals surface area contributed by atoms with Gasteiger partial charge in [-0.25, -0.2) is 13.8 Å². The zero-order valence-electron chi connectivity index (χ0n) is 16.2. The lowest BCUT2D eigenvalue weighted by Crippen LogP contribution is -2.44. The van der Waals surface area contributed by atoms with Crippen molar-refractivity contribution in [2.24, 2.45) is 4.99 Å². The van der Waals surface area contributed by atoms with Crippen LogP contribution in [0.3, 0.4) is 0 Å². The molecular formula is C21H27F2N5. The Kier molecular flexibility index (Phi) is 7.17. The first-order valence-electron chi connectivity index (χ1n) is 9.80. The molecule has 1 saturated heterocycles. The number of pyridine rings is 1. The van der Waals surface area contributed by atoms with Crippen molar-refractivity contribution in [2.75, 3.05) is 31.1 Å². The van der Waals surface area contributed by atoms with Crippen LogP contribution in [0.25, 0.3) is 0 Å². The Morgan fingerprint density at radius 1 is 1.29 bits per heavy atom.